The average Bonchev–Trinajstić information content (AvgIpc) is 2.26. The van der Waals surface area contributed by atoms with Crippen molar-refractivity contribution in [1.29, 1.82) is 5.26 Å². The van der Waals surface area contributed by atoms with Crippen LogP contribution in [0.25, 0.3) is 0 Å². The number of alkyl halides is 3. The van der Waals surface area contributed by atoms with E-state index in [0.717, 1.165) is 5.56 Å². The van der Waals surface area contributed by atoms with Crippen LogP contribution in [-0.2, 0) is 6.54 Å². The Hall–Kier alpha value is -0.730. The Morgan fingerprint density at radius 1 is 1.50 bits per heavy atom. The molecule has 8 heteroatoms. The van der Waals surface area contributed by atoms with Gasteiger partial charge in [-0.3, -0.25) is 0 Å². The predicted octanol–water partition coefficient (Wildman–Crippen LogP) is 3.76. The van der Waals surface area contributed by atoms with Crippen LogP contribution in [0.1, 0.15) is 12.5 Å². The van der Waals surface area contributed by atoms with Gasteiger partial charge in [0.05, 0.1) is 0 Å². The van der Waals surface area contributed by atoms with Crippen LogP contribution in [0.3, 0.4) is 0 Å². The Morgan fingerprint density at radius 3 is 2.61 bits per heavy atom. The number of amidine groups is 1. The zero-order chi connectivity index (χ0) is 13.8. The fourth-order valence-electron chi connectivity index (χ4n) is 1.20. The van der Waals surface area contributed by atoms with E-state index in [-0.39, 0.29) is 6.54 Å². The van der Waals surface area contributed by atoms with Gasteiger partial charge in [-0.15, -0.1) is 0 Å². The summed E-state index contributed by atoms with van der Waals surface area (Å²) >= 11 is 23.2. The molecule has 0 amide bonds. The molecule has 1 rings (SSSR count). The molecule has 0 aromatic carbocycles. The van der Waals surface area contributed by atoms with Crippen LogP contribution >= 0.6 is 46.4 Å². The molecule has 0 aliphatic carbocycles. The summed E-state index contributed by atoms with van der Waals surface area (Å²) in [6, 6.07) is 3.38. The minimum Gasteiger partial charge on any atom is -0.311 e. The molecule has 0 aliphatic rings. The molecule has 0 N–H and O–H groups in total. The number of rotatable bonds is 2. The van der Waals surface area contributed by atoms with Crippen LogP contribution in [0.5, 0.6) is 0 Å². The fourth-order valence-corrected chi connectivity index (χ4v) is 1.86. The lowest BCUT2D eigenvalue weighted by atomic mass is 10.2. The van der Waals surface area contributed by atoms with E-state index in [0.29, 0.717) is 11.0 Å². The summed E-state index contributed by atoms with van der Waals surface area (Å²) in [5.41, 5.74) is 0.776. The quantitative estimate of drug-likeness (QED) is 0.208. The summed E-state index contributed by atoms with van der Waals surface area (Å²) in [5.74, 6) is 0.299. The topological polar surface area (TPSA) is 52.3 Å². The van der Waals surface area contributed by atoms with Crippen molar-refractivity contribution in [3.8, 4) is 6.19 Å². The van der Waals surface area contributed by atoms with Crippen LogP contribution in [0.15, 0.2) is 23.3 Å². The molecule has 1 aromatic heterocycles. The molecule has 1 heterocycles. The highest BCUT2D eigenvalue weighted by molar-refractivity contribution is 6.67. The molecule has 0 radical (unpaired) electrons. The number of aromatic nitrogens is 1. The van der Waals surface area contributed by atoms with Crippen molar-refractivity contribution in [3.63, 3.8) is 0 Å². The molecule has 96 valence electrons. The maximum Gasteiger partial charge on any atom is 0.269 e. The minimum absolute atomic E-state index is 0.248. The van der Waals surface area contributed by atoms with Crippen LogP contribution in [0, 0.1) is 11.5 Å². The third-order valence-corrected chi connectivity index (χ3v) is 2.87. The van der Waals surface area contributed by atoms with Gasteiger partial charge in [-0.25, -0.2) is 4.98 Å². The zero-order valence-electron chi connectivity index (χ0n) is 9.24. The van der Waals surface area contributed by atoms with Gasteiger partial charge in [-0.2, -0.15) is 10.3 Å². The van der Waals surface area contributed by atoms with E-state index in [4.69, 9.17) is 51.7 Å². The Bertz CT molecular complexity index is 472. The first kappa shape index (κ1) is 15.3. The maximum absolute atomic E-state index is 8.53. The lowest BCUT2D eigenvalue weighted by molar-refractivity contribution is 0.417. The second-order valence-electron chi connectivity index (χ2n) is 3.30. The van der Waals surface area contributed by atoms with Crippen molar-refractivity contribution >= 4 is 52.2 Å². The van der Waals surface area contributed by atoms with Crippen molar-refractivity contribution < 1.29 is 0 Å². The number of pyridine rings is 1. The van der Waals surface area contributed by atoms with Gasteiger partial charge in [0.15, 0.2) is 0 Å². The second-order valence-corrected chi connectivity index (χ2v) is 5.91. The summed E-state index contributed by atoms with van der Waals surface area (Å²) in [7, 11) is 0. The molecule has 0 bridgehead atoms. The SMILES string of the molecule is C/C(=N\C#N)N(Cc1ccc(Cl)nc1)C(Cl)(Cl)Cl. The van der Waals surface area contributed by atoms with E-state index in [1.807, 2.05) is 0 Å². The average molecular weight is 326 g/mol. The minimum atomic E-state index is -1.70. The van der Waals surface area contributed by atoms with E-state index < -0.39 is 3.92 Å². The first-order valence-electron chi connectivity index (χ1n) is 4.72. The van der Waals surface area contributed by atoms with Gasteiger partial charge < -0.3 is 4.90 Å². The van der Waals surface area contributed by atoms with Crippen LogP contribution in [-0.4, -0.2) is 19.6 Å². The highest BCUT2D eigenvalue weighted by atomic mass is 35.6. The van der Waals surface area contributed by atoms with E-state index in [2.05, 4.69) is 9.98 Å². The molecule has 0 atom stereocenters. The highest BCUT2D eigenvalue weighted by Crippen LogP contribution is 2.32. The monoisotopic (exact) mass is 324 g/mol. The van der Waals surface area contributed by atoms with Gasteiger partial charge in [0, 0.05) is 12.7 Å². The second kappa shape index (κ2) is 6.44. The number of nitriles is 1. The van der Waals surface area contributed by atoms with Crippen LogP contribution < -0.4 is 0 Å². The third-order valence-electron chi connectivity index (χ3n) is 2.04. The molecule has 1 aromatic rings. The van der Waals surface area contributed by atoms with Crippen molar-refractivity contribution in [1.82, 2.24) is 9.88 Å². The molecular formula is C10H8Cl4N4. The van der Waals surface area contributed by atoms with E-state index in [9.17, 15) is 0 Å². The molecule has 4 nitrogen and oxygen atoms in total. The van der Waals surface area contributed by atoms with E-state index in [1.165, 1.54) is 4.90 Å². The summed E-state index contributed by atoms with van der Waals surface area (Å²) in [6.07, 6.45) is 3.21. The Kier molecular flexibility index (Phi) is 5.48. The predicted molar refractivity (Wildman–Crippen MR) is 73.8 cm³/mol. The molecule has 0 saturated carbocycles. The normalized spacial score (nSPS) is 12.1. The summed E-state index contributed by atoms with van der Waals surface area (Å²) in [6.45, 7) is 1.83. The molecular weight excluding hydrogens is 318 g/mol. The number of nitrogens with zero attached hydrogens (tertiary/aromatic N) is 4. The Morgan fingerprint density at radius 2 is 2.17 bits per heavy atom. The lowest BCUT2D eigenvalue weighted by Crippen LogP contribution is -2.38. The number of hydrogen-bond donors (Lipinski definition) is 0. The van der Waals surface area contributed by atoms with E-state index in [1.54, 1.807) is 31.4 Å². The summed E-state index contributed by atoms with van der Waals surface area (Å²) < 4.78 is -1.70. The zero-order valence-corrected chi connectivity index (χ0v) is 12.3. The smallest absolute Gasteiger partial charge is 0.269 e. The largest absolute Gasteiger partial charge is 0.311 e. The first-order chi connectivity index (χ1) is 8.34. The summed E-state index contributed by atoms with van der Waals surface area (Å²) in [5, 5.41) is 8.91. The van der Waals surface area contributed by atoms with Gasteiger partial charge >= 0.3 is 0 Å². The van der Waals surface area contributed by atoms with Crippen molar-refractivity contribution in [2.24, 2.45) is 4.99 Å². The first-order valence-corrected chi connectivity index (χ1v) is 6.24. The molecule has 0 fully saturated rings. The van der Waals surface area contributed by atoms with Gasteiger partial charge in [0.1, 0.15) is 11.0 Å². The van der Waals surface area contributed by atoms with Crippen molar-refractivity contribution in [2.75, 3.05) is 0 Å². The van der Waals surface area contributed by atoms with Gasteiger partial charge in [0.2, 0.25) is 6.19 Å². The van der Waals surface area contributed by atoms with Crippen molar-refractivity contribution in [3.05, 3.63) is 29.0 Å². The molecule has 0 spiro atoms. The molecule has 0 aliphatic heterocycles. The molecule has 18 heavy (non-hydrogen) atoms. The van der Waals surface area contributed by atoms with Crippen molar-refractivity contribution in [2.45, 2.75) is 17.4 Å². The standard InChI is InChI=1S/C10H8Cl4N4/c1-7(17-6-15)18(10(12,13)14)5-8-2-3-9(11)16-4-8/h2-4H,5H2,1H3/b17-7+. The van der Waals surface area contributed by atoms with E-state index >= 15 is 0 Å². The maximum atomic E-state index is 8.53. The Labute approximate surface area is 125 Å². The third kappa shape index (κ3) is 4.51. The van der Waals surface area contributed by atoms with Gasteiger partial charge in [0.25, 0.3) is 3.92 Å². The number of hydrogen-bond acceptors (Lipinski definition) is 3. The lowest BCUT2D eigenvalue weighted by Gasteiger charge is -2.30. The molecule has 0 saturated heterocycles. The highest BCUT2D eigenvalue weighted by Gasteiger charge is 2.30. The number of halogens is 4. The Balaban J connectivity index is 2.97. The molecule has 0 unspecified atom stereocenters. The number of aliphatic imine (C=N–C) groups is 1. The summed E-state index contributed by atoms with van der Waals surface area (Å²) in [4.78, 5) is 8.83. The van der Waals surface area contributed by atoms with Crippen LogP contribution in [0.4, 0.5) is 0 Å². The van der Waals surface area contributed by atoms with Crippen LogP contribution in [0.2, 0.25) is 5.15 Å². The van der Waals surface area contributed by atoms with Gasteiger partial charge in [-0.05, 0) is 18.6 Å². The van der Waals surface area contributed by atoms with Gasteiger partial charge in [-0.1, -0.05) is 52.5 Å². The fraction of sp³-hybridized carbons (Fsp3) is 0.300.